The van der Waals surface area contributed by atoms with Gasteiger partial charge in [0.1, 0.15) is 0 Å². The number of fused-ring (bicyclic) bond motifs is 1. The smallest absolute Gasteiger partial charge is 0.177 e. The predicted octanol–water partition coefficient (Wildman–Crippen LogP) is 1.96. The van der Waals surface area contributed by atoms with Crippen LogP contribution in [0.15, 0.2) is 36.7 Å². The average molecular weight is 198 g/mol. The molecule has 0 atom stereocenters. The number of para-hydroxylation sites is 2. The molecule has 0 aliphatic carbocycles. The van der Waals surface area contributed by atoms with Crippen LogP contribution in [0.4, 0.5) is 0 Å². The molecule has 3 aromatic rings. The van der Waals surface area contributed by atoms with Gasteiger partial charge in [-0.2, -0.15) is 0 Å². The maximum atomic E-state index is 4.52. The molecular formula is C11H10N4. The summed E-state index contributed by atoms with van der Waals surface area (Å²) in [5.74, 6) is 1.66. The van der Waals surface area contributed by atoms with Gasteiger partial charge in [-0.15, -0.1) is 0 Å². The summed E-state index contributed by atoms with van der Waals surface area (Å²) >= 11 is 0. The molecule has 3 rings (SSSR count). The molecule has 2 heterocycles. The number of benzene rings is 1. The zero-order valence-corrected chi connectivity index (χ0v) is 8.31. The van der Waals surface area contributed by atoms with E-state index in [0.717, 1.165) is 22.7 Å². The van der Waals surface area contributed by atoms with Crippen LogP contribution in [-0.4, -0.2) is 19.5 Å². The maximum absolute atomic E-state index is 4.52. The van der Waals surface area contributed by atoms with Crippen LogP contribution in [0.3, 0.4) is 0 Å². The molecule has 0 bridgehead atoms. The maximum Gasteiger partial charge on any atom is 0.177 e. The number of hydrogen-bond donors (Lipinski definition) is 1. The van der Waals surface area contributed by atoms with E-state index in [-0.39, 0.29) is 0 Å². The zero-order valence-electron chi connectivity index (χ0n) is 8.31. The summed E-state index contributed by atoms with van der Waals surface area (Å²) in [6, 6.07) is 8.05. The normalized spacial score (nSPS) is 11.0. The van der Waals surface area contributed by atoms with E-state index >= 15 is 0 Å². The largest absolute Gasteiger partial charge is 0.342 e. The van der Waals surface area contributed by atoms with Crippen molar-refractivity contribution in [2.45, 2.75) is 0 Å². The van der Waals surface area contributed by atoms with Crippen molar-refractivity contribution in [2.75, 3.05) is 0 Å². The minimum atomic E-state index is 0.800. The van der Waals surface area contributed by atoms with E-state index in [2.05, 4.69) is 21.0 Å². The molecule has 0 radical (unpaired) electrons. The average Bonchev–Trinajstić information content (AvgIpc) is 2.87. The van der Waals surface area contributed by atoms with Gasteiger partial charge in [0.25, 0.3) is 0 Å². The van der Waals surface area contributed by atoms with Gasteiger partial charge in [-0.1, -0.05) is 12.1 Å². The highest BCUT2D eigenvalue weighted by molar-refractivity contribution is 5.79. The monoisotopic (exact) mass is 198 g/mol. The standard InChI is InChI=1S/C11H10N4/c1-15-9-5-3-2-4-8(9)14-11(15)10-12-6-7-13-10/h2-7H,1H3,(H,12,13). The number of aryl methyl sites for hydroxylation is 1. The van der Waals surface area contributed by atoms with E-state index in [4.69, 9.17) is 0 Å². The van der Waals surface area contributed by atoms with Gasteiger partial charge in [-0.25, -0.2) is 9.97 Å². The third-order valence-corrected chi connectivity index (χ3v) is 2.50. The highest BCUT2D eigenvalue weighted by Gasteiger charge is 2.10. The van der Waals surface area contributed by atoms with E-state index < -0.39 is 0 Å². The Morgan fingerprint density at radius 1 is 1.27 bits per heavy atom. The van der Waals surface area contributed by atoms with Gasteiger partial charge in [0.05, 0.1) is 11.0 Å². The minimum absolute atomic E-state index is 0.800. The van der Waals surface area contributed by atoms with Crippen molar-refractivity contribution in [3.8, 4) is 11.6 Å². The second-order valence-electron chi connectivity index (χ2n) is 3.42. The molecule has 0 amide bonds. The molecule has 0 aliphatic rings. The van der Waals surface area contributed by atoms with E-state index in [0.29, 0.717) is 0 Å². The van der Waals surface area contributed by atoms with Crippen molar-refractivity contribution in [3.05, 3.63) is 36.7 Å². The van der Waals surface area contributed by atoms with Crippen LogP contribution in [0.1, 0.15) is 0 Å². The van der Waals surface area contributed by atoms with Crippen LogP contribution in [0.2, 0.25) is 0 Å². The topological polar surface area (TPSA) is 46.5 Å². The Labute approximate surface area is 86.6 Å². The zero-order chi connectivity index (χ0) is 10.3. The van der Waals surface area contributed by atoms with Gasteiger partial charge >= 0.3 is 0 Å². The van der Waals surface area contributed by atoms with Crippen LogP contribution in [0, 0.1) is 0 Å². The lowest BCUT2D eigenvalue weighted by atomic mass is 10.3. The molecule has 4 heteroatoms. The Kier molecular flexibility index (Phi) is 1.62. The molecule has 0 aliphatic heterocycles. The Morgan fingerprint density at radius 2 is 2.13 bits per heavy atom. The summed E-state index contributed by atoms with van der Waals surface area (Å²) in [4.78, 5) is 11.8. The van der Waals surface area contributed by atoms with Gasteiger partial charge in [0.15, 0.2) is 11.6 Å². The first-order valence-electron chi connectivity index (χ1n) is 4.77. The number of hydrogen-bond acceptors (Lipinski definition) is 2. The highest BCUT2D eigenvalue weighted by Crippen LogP contribution is 2.20. The van der Waals surface area contributed by atoms with Crippen molar-refractivity contribution < 1.29 is 0 Å². The lowest BCUT2D eigenvalue weighted by Gasteiger charge is -1.97. The third kappa shape index (κ3) is 1.15. The molecule has 4 nitrogen and oxygen atoms in total. The summed E-state index contributed by atoms with van der Waals surface area (Å²) in [5, 5.41) is 0. The lowest BCUT2D eigenvalue weighted by Crippen LogP contribution is -1.93. The second-order valence-corrected chi connectivity index (χ2v) is 3.42. The Hall–Kier alpha value is -2.10. The van der Waals surface area contributed by atoms with Gasteiger partial charge in [-0.05, 0) is 12.1 Å². The van der Waals surface area contributed by atoms with Crippen molar-refractivity contribution >= 4 is 11.0 Å². The molecule has 0 spiro atoms. The first-order chi connectivity index (χ1) is 7.36. The van der Waals surface area contributed by atoms with Crippen molar-refractivity contribution in [3.63, 3.8) is 0 Å². The van der Waals surface area contributed by atoms with E-state index in [1.807, 2.05) is 29.8 Å². The number of aromatic nitrogens is 4. The fourth-order valence-corrected chi connectivity index (χ4v) is 1.74. The molecular weight excluding hydrogens is 188 g/mol. The summed E-state index contributed by atoms with van der Waals surface area (Å²) in [6.45, 7) is 0. The summed E-state index contributed by atoms with van der Waals surface area (Å²) in [5.41, 5.74) is 2.11. The molecule has 0 unspecified atom stereocenters. The highest BCUT2D eigenvalue weighted by atomic mass is 15.1. The van der Waals surface area contributed by atoms with Crippen molar-refractivity contribution in [1.82, 2.24) is 19.5 Å². The molecule has 1 N–H and O–H groups in total. The van der Waals surface area contributed by atoms with E-state index in [1.165, 1.54) is 0 Å². The number of nitrogens with zero attached hydrogens (tertiary/aromatic N) is 3. The number of aromatic amines is 1. The van der Waals surface area contributed by atoms with Crippen molar-refractivity contribution in [2.24, 2.45) is 7.05 Å². The van der Waals surface area contributed by atoms with Gasteiger partial charge in [0, 0.05) is 19.4 Å². The van der Waals surface area contributed by atoms with E-state index in [9.17, 15) is 0 Å². The molecule has 1 aromatic carbocycles. The fourth-order valence-electron chi connectivity index (χ4n) is 1.74. The number of nitrogens with one attached hydrogen (secondary N) is 1. The Balaban J connectivity index is 2.33. The van der Waals surface area contributed by atoms with Gasteiger partial charge in [0.2, 0.25) is 0 Å². The molecule has 0 fully saturated rings. The van der Waals surface area contributed by atoms with Crippen molar-refractivity contribution in [1.29, 1.82) is 0 Å². The Bertz CT molecular complexity index is 592. The SMILES string of the molecule is Cn1c(-c2ncc[nH]2)nc2ccccc21. The molecule has 0 saturated heterocycles. The van der Waals surface area contributed by atoms with E-state index in [1.54, 1.807) is 12.4 Å². The van der Waals surface area contributed by atoms with Crippen LogP contribution in [0.25, 0.3) is 22.7 Å². The summed E-state index contributed by atoms with van der Waals surface area (Å²) in [6.07, 6.45) is 3.53. The second kappa shape index (κ2) is 2.95. The molecule has 15 heavy (non-hydrogen) atoms. The summed E-state index contributed by atoms with van der Waals surface area (Å²) in [7, 11) is 1.99. The number of H-pyrrole nitrogens is 1. The third-order valence-electron chi connectivity index (χ3n) is 2.50. The molecule has 0 saturated carbocycles. The van der Waals surface area contributed by atoms with Gasteiger partial charge in [-0.3, -0.25) is 0 Å². The quantitative estimate of drug-likeness (QED) is 0.649. The van der Waals surface area contributed by atoms with Crippen LogP contribution >= 0.6 is 0 Å². The van der Waals surface area contributed by atoms with Crippen LogP contribution < -0.4 is 0 Å². The van der Waals surface area contributed by atoms with Crippen LogP contribution in [0.5, 0.6) is 0 Å². The first-order valence-corrected chi connectivity index (χ1v) is 4.77. The predicted molar refractivity (Wildman–Crippen MR) is 58.3 cm³/mol. The summed E-state index contributed by atoms with van der Waals surface area (Å²) < 4.78 is 2.04. The number of imidazole rings is 2. The van der Waals surface area contributed by atoms with Gasteiger partial charge < -0.3 is 9.55 Å². The Morgan fingerprint density at radius 3 is 2.87 bits per heavy atom. The molecule has 2 aromatic heterocycles. The minimum Gasteiger partial charge on any atom is -0.342 e. The lowest BCUT2D eigenvalue weighted by molar-refractivity contribution is 0.944. The first kappa shape index (κ1) is 8.23. The number of rotatable bonds is 1. The molecule has 74 valence electrons. The fraction of sp³-hybridized carbons (Fsp3) is 0.0909. The van der Waals surface area contributed by atoms with Crippen LogP contribution in [-0.2, 0) is 7.05 Å².